The monoisotopic (exact) mass is 1050 g/mol. The summed E-state index contributed by atoms with van der Waals surface area (Å²) in [4.78, 5) is 47.0. The zero-order chi connectivity index (χ0) is 40.4. The molecule has 0 radical (unpaired) electrons. The quantitative estimate of drug-likeness (QED) is 0.0948. The van der Waals surface area contributed by atoms with Crippen molar-refractivity contribution in [1.82, 2.24) is 34.1 Å². The molecular weight excluding hydrogens is 1000 g/mol. The molecule has 2 heterocycles. The lowest BCUT2D eigenvalue weighted by Crippen LogP contribution is -2.29. The molecule has 0 spiro atoms. The number of rotatable bonds is 6. The summed E-state index contributed by atoms with van der Waals surface area (Å²) < 4.78 is 78.0. The summed E-state index contributed by atoms with van der Waals surface area (Å²) in [6.45, 7) is 13.3. The summed E-state index contributed by atoms with van der Waals surface area (Å²) >= 11 is 0. The predicted molar refractivity (Wildman–Crippen MR) is 230 cm³/mol. The molecule has 3 amide bonds. The van der Waals surface area contributed by atoms with Crippen LogP contribution < -0.4 is 25.6 Å². The lowest BCUT2D eigenvalue weighted by Gasteiger charge is -2.14. The van der Waals surface area contributed by atoms with Gasteiger partial charge in [-0.2, -0.15) is 0 Å². The van der Waals surface area contributed by atoms with Crippen molar-refractivity contribution >= 4 is 129 Å². The highest BCUT2D eigenvalue weighted by Gasteiger charge is 2.25. The van der Waals surface area contributed by atoms with Crippen molar-refractivity contribution in [2.24, 2.45) is 0 Å². The van der Waals surface area contributed by atoms with Gasteiger partial charge in [-0.05, 0) is 93.1 Å². The fourth-order valence-electron chi connectivity index (χ4n) is 5.77. The van der Waals surface area contributed by atoms with E-state index >= 15 is 0 Å². The molecule has 0 aliphatic carbocycles. The number of carbonyl (C=O) groups excluding carboxylic acids is 3. The fraction of sp³-hybridized carbons (Fsp3) is 0.281. The van der Waals surface area contributed by atoms with Gasteiger partial charge < -0.3 is 21.4 Å². The number of nitrogen functional groups attached to an aromatic ring is 2. The van der Waals surface area contributed by atoms with Crippen molar-refractivity contribution in [3.63, 3.8) is 0 Å². The van der Waals surface area contributed by atoms with Crippen LogP contribution in [0.2, 0.25) is 0 Å². The molecule has 5 aromatic rings. The van der Waals surface area contributed by atoms with Crippen LogP contribution in [0.25, 0.3) is 22.1 Å². The minimum atomic E-state index is -3.90. The topological polar surface area (TPSA) is 299 Å². The minimum Gasteiger partial charge on any atom is -0.397 e. The Bertz CT molecular complexity index is 2500. The van der Waals surface area contributed by atoms with E-state index in [9.17, 15) is 39.6 Å². The Hall–Kier alpha value is -4.08. The third-order valence-corrected chi connectivity index (χ3v) is 12.8. The first kappa shape index (κ1) is 48.9. The summed E-state index contributed by atoms with van der Waals surface area (Å²) in [5.74, 6) is -1.88. The number of imidazole rings is 2. The summed E-state index contributed by atoms with van der Waals surface area (Å²) in [5.41, 5.74) is 17.5. The molecule has 3 aromatic carbocycles. The second-order valence-corrected chi connectivity index (χ2v) is 16.9. The van der Waals surface area contributed by atoms with E-state index in [1.54, 1.807) is 53.7 Å². The Kier molecular flexibility index (Phi) is 16.6. The number of H-pyrrole nitrogens is 2. The van der Waals surface area contributed by atoms with Crippen molar-refractivity contribution in [3.8, 4) is 0 Å². The molecule has 0 fully saturated rings. The first-order valence-electron chi connectivity index (χ1n) is 15.4. The molecule has 5 rings (SSSR count). The van der Waals surface area contributed by atoms with Crippen LogP contribution in [0.5, 0.6) is 0 Å². The molecule has 0 bridgehead atoms. The molecule has 0 saturated carbocycles. The van der Waals surface area contributed by atoms with Gasteiger partial charge in [0.05, 0.1) is 60.8 Å². The predicted octanol–water partition coefficient (Wildman–Crippen LogP) is 3.54. The smallest absolute Gasteiger partial charge is 0.264 e. The number of nitrogens with one attached hydrogen (secondary N) is 5. The van der Waals surface area contributed by atoms with E-state index in [1.807, 2.05) is 14.2 Å². The number of fused-ring (bicyclic) bond motifs is 2. The minimum absolute atomic E-state index is 0. The second kappa shape index (κ2) is 18.7. The number of hydrogen-bond donors (Lipinski definition) is 7. The summed E-state index contributed by atoms with van der Waals surface area (Å²) in [6, 6.07) is 4.87. The van der Waals surface area contributed by atoms with E-state index in [-0.39, 0.29) is 68.3 Å². The molecule has 18 nitrogen and oxygen atoms in total. The number of hydrogen-bond acceptors (Lipinski definition) is 13. The van der Waals surface area contributed by atoms with E-state index in [2.05, 4.69) is 19.9 Å². The van der Waals surface area contributed by atoms with Gasteiger partial charge in [0.25, 0.3) is 30.1 Å². The molecule has 0 unspecified atom stereocenters. The molecule has 55 heavy (non-hydrogen) atoms. The summed E-state index contributed by atoms with van der Waals surface area (Å²) in [6.07, 6.45) is 3.01. The molecule has 0 aliphatic heterocycles. The normalized spacial score (nSPS) is 11.1. The number of aromatic nitrogens is 4. The average Bonchev–Trinajstić information content (AvgIpc) is 3.64. The zero-order valence-electron chi connectivity index (χ0n) is 31.2. The molecule has 2 aromatic heterocycles. The Morgan fingerprint density at radius 2 is 0.836 bits per heavy atom. The van der Waals surface area contributed by atoms with Crippen molar-refractivity contribution in [3.05, 3.63) is 64.2 Å². The lowest BCUT2D eigenvalue weighted by atomic mass is 10.1. The number of carbonyl (C=O) groups is 3. The highest BCUT2D eigenvalue weighted by atomic mass is 127. The molecule has 302 valence electrons. The van der Waals surface area contributed by atoms with Gasteiger partial charge in [0.1, 0.15) is 0 Å². The fourth-order valence-corrected chi connectivity index (χ4v) is 10.2. The number of aromatic amines is 2. The van der Waals surface area contributed by atoms with E-state index in [0.29, 0.717) is 50.1 Å². The van der Waals surface area contributed by atoms with Crippen LogP contribution in [-0.2, 0) is 44.5 Å². The van der Waals surface area contributed by atoms with Crippen molar-refractivity contribution < 1.29 is 39.6 Å². The third-order valence-electron chi connectivity index (χ3n) is 7.59. The number of anilines is 2. The Morgan fingerprint density at radius 1 is 0.545 bits per heavy atom. The number of aryl methyl sites for hydroxylation is 5. The number of halogens is 2. The Balaban J connectivity index is 0.000000405. The van der Waals surface area contributed by atoms with E-state index in [4.69, 9.17) is 11.5 Å². The zero-order valence-corrected chi connectivity index (χ0v) is 38.3. The van der Waals surface area contributed by atoms with Gasteiger partial charge in [-0.3, -0.25) is 14.4 Å². The largest absolute Gasteiger partial charge is 0.397 e. The Morgan fingerprint density at radius 3 is 1.15 bits per heavy atom. The van der Waals surface area contributed by atoms with Crippen molar-refractivity contribution in [1.29, 1.82) is 0 Å². The van der Waals surface area contributed by atoms with E-state index in [1.165, 1.54) is 18.7 Å². The first-order chi connectivity index (χ1) is 24.3. The van der Waals surface area contributed by atoms with Crippen LogP contribution in [0.4, 0.5) is 11.4 Å². The molecular formula is C32H43I2N9O9S3. The van der Waals surface area contributed by atoms with Crippen LogP contribution in [0.1, 0.15) is 54.2 Å². The molecule has 9 N–H and O–H groups in total. The average molecular weight is 1050 g/mol. The first-order valence-corrected chi connectivity index (χ1v) is 19.9. The van der Waals surface area contributed by atoms with Gasteiger partial charge in [0.15, 0.2) is 0 Å². The van der Waals surface area contributed by atoms with Crippen molar-refractivity contribution in [2.45, 2.75) is 77.0 Å². The van der Waals surface area contributed by atoms with Crippen LogP contribution in [-0.4, -0.2) is 62.9 Å². The maximum absolute atomic E-state index is 12.1. The van der Waals surface area contributed by atoms with Crippen LogP contribution in [0, 0.1) is 41.5 Å². The highest BCUT2D eigenvalue weighted by molar-refractivity contribution is 14.0. The van der Waals surface area contributed by atoms with Gasteiger partial charge in [-0.25, -0.2) is 49.4 Å². The van der Waals surface area contributed by atoms with Gasteiger partial charge >= 0.3 is 0 Å². The molecule has 23 heteroatoms. The number of amides is 3. The van der Waals surface area contributed by atoms with Gasteiger partial charge in [-0.1, -0.05) is 0 Å². The Labute approximate surface area is 353 Å². The lowest BCUT2D eigenvalue weighted by molar-refractivity contribution is -0.118. The molecule has 0 aliphatic rings. The second-order valence-electron chi connectivity index (χ2n) is 12.0. The maximum Gasteiger partial charge on any atom is 0.264 e. The number of nitrogens with zero attached hydrogens (tertiary/aromatic N) is 2. The maximum atomic E-state index is 12.1. The summed E-state index contributed by atoms with van der Waals surface area (Å²) in [5, 5.41) is 0. The van der Waals surface area contributed by atoms with E-state index in [0.717, 1.165) is 31.8 Å². The summed E-state index contributed by atoms with van der Waals surface area (Å²) in [7, 11) is -11.6. The molecule has 0 saturated heterocycles. The third kappa shape index (κ3) is 11.3. The van der Waals surface area contributed by atoms with Crippen LogP contribution in [0.15, 0.2) is 45.5 Å². The number of sulfonamides is 3. The number of benzene rings is 3. The van der Waals surface area contributed by atoms with Crippen molar-refractivity contribution in [2.75, 3.05) is 11.5 Å². The van der Waals surface area contributed by atoms with Gasteiger partial charge in [0, 0.05) is 20.8 Å². The van der Waals surface area contributed by atoms with E-state index < -0.39 is 47.8 Å². The molecule has 0 atom stereocenters. The van der Waals surface area contributed by atoms with Gasteiger partial charge in [0.2, 0.25) is 17.7 Å². The highest BCUT2D eigenvalue weighted by Crippen LogP contribution is 2.30. The van der Waals surface area contributed by atoms with Gasteiger partial charge in [-0.15, -0.1) is 48.0 Å². The number of nitrogens with two attached hydrogens (primary N) is 2. The SMILES string of the molecule is CC(=O)NS(=O)(=O)c1c(C)cc(N)c(N)c1C.CC(=O)NS(=O)(=O)c1c(C)cc2[nH]cnc2c1C.CC(=O)NS(=O)(=O)c1c(C)cc2[nH]cnc2c1C.I.I. The standard InChI is InChI=1S/2C11H13N3O3S.C10H15N3O3S.2HI/c2*1-6-4-9-10(13-5-12-9)7(2)11(6)18(16,17)14-8(3)15;1-5-4-8(11)9(12)6(2)10(5)17(15,16)13-7(3)14;;/h2*4-5H,1-3H3,(H,12,13)(H,14,15);4H,11-12H2,1-3H3,(H,13,14);2*1H. The van der Waals surface area contributed by atoms with Crippen LogP contribution in [0.3, 0.4) is 0 Å². The van der Waals surface area contributed by atoms with Crippen LogP contribution >= 0.6 is 48.0 Å².